The second kappa shape index (κ2) is 10.9. The predicted molar refractivity (Wildman–Crippen MR) is 165 cm³/mol. The van der Waals surface area contributed by atoms with Crippen LogP contribution in [0.25, 0.3) is 0 Å². The van der Waals surface area contributed by atoms with E-state index in [0.29, 0.717) is 25.3 Å². The SMILES string of the molecule is CC(=O)C(=O)[C@H](CC(=O)[C@@H]1[C@@H]2[C@H](CN1C(=O)[C@@H](CC(=O)CC13CC4CC(CC(C4)C1)C3)C(C)(C)C)C2(C)C)CC1CCC1. The average Bonchev–Trinajstić information content (AvgIpc) is 3.18. The Balaban J connectivity index is 1.18. The van der Waals surface area contributed by atoms with E-state index in [4.69, 9.17) is 0 Å². The summed E-state index contributed by atoms with van der Waals surface area (Å²) in [5.41, 5.74) is -0.300. The largest absolute Gasteiger partial charge is 0.332 e. The molecule has 6 saturated carbocycles. The van der Waals surface area contributed by atoms with Crippen molar-refractivity contribution < 1.29 is 24.0 Å². The van der Waals surface area contributed by atoms with Crippen molar-refractivity contribution in [3.8, 4) is 0 Å². The minimum Gasteiger partial charge on any atom is -0.332 e. The summed E-state index contributed by atoms with van der Waals surface area (Å²) in [6.07, 6.45) is 12.3. The molecule has 7 aliphatic rings. The first-order valence-electron chi connectivity index (χ1n) is 17.5. The van der Waals surface area contributed by atoms with Crippen molar-refractivity contribution in [3.63, 3.8) is 0 Å². The summed E-state index contributed by atoms with van der Waals surface area (Å²) in [6.45, 7) is 12.3. The minimum absolute atomic E-state index is 0.0310. The summed E-state index contributed by atoms with van der Waals surface area (Å²) in [5.74, 6) is 1.18. The van der Waals surface area contributed by atoms with Gasteiger partial charge in [0.2, 0.25) is 11.7 Å². The molecule has 4 bridgehead atoms. The Bertz CT molecular complexity index is 1150. The monoisotopic (exact) mass is 593 g/mol. The highest BCUT2D eigenvalue weighted by atomic mass is 16.2. The van der Waals surface area contributed by atoms with Gasteiger partial charge in [0, 0.05) is 44.6 Å². The number of ketones is 4. The van der Waals surface area contributed by atoms with Gasteiger partial charge in [0.1, 0.15) is 5.78 Å². The van der Waals surface area contributed by atoms with Gasteiger partial charge >= 0.3 is 0 Å². The van der Waals surface area contributed by atoms with Gasteiger partial charge in [0.25, 0.3) is 0 Å². The van der Waals surface area contributed by atoms with E-state index in [9.17, 15) is 24.0 Å². The van der Waals surface area contributed by atoms with E-state index in [1.165, 1.54) is 45.4 Å². The number of carbonyl (C=O) groups excluding carboxylic acids is 5. The molecule has 7 rings (SSSR count). The van der Waals surface area contributed by atoms with E-state index < -0.39 is 34.9 Å². The highest BCUT2D eigenvalue weighted by Gasteiger charge is 2.69. The molecule has 6 heteroatoms. The van der Waals surface area contributed by atoms with Gasteiger partial charge in [-0.1, -0.05) is 53.9 Å². The third-order valence-electron chi connectivity index (χ3n) is 13.3. The molecule has 238 valence electrons. The van der Waals surface area contributed by atoms with Crippen LogP contribution in [-0.2, 0) is 24.0 Å². The van der Waals surface area contributed by atoms with Gasteiger partial charge in [-0.2, -0.15) is 0 Å². The van der Waals surface area contributed by atoms with E-state index in [2.05, 4.69) is 13.8 Å². The van der Waals surface area contributed by atoms with Crippen molar-refractivity contribution in [1.29, 1.82) is 0 Å². The Morgan fingerprint density at radius 2 is 1.47 bits per heavy atom. The lowest BCUT2D eigenvalue weighted by Crippen LogP contribution is -2.51. The molecule has 0 spiro atoms. The van der Waals surface area contributed by atoms with Crippen LogP contribution in [0.2, 0.25) is 0 Å². The van der Waals surface area contributed by atoms with Crippen LogP contribution in [0.4, 0.5) is 0 Å². The van der Waals surface area contributed by atoms with Gasteiger partial charge in [0.05, 0.1) is 6.04 Å². The molecule has 0 aromatic rings. The van der Waals surface area contributed by atoms with Crippen LogP contribution in [0.5, 0.6) is 0 Å². The molecule has 1 aliphatic heterocycles. The Morgan fingerprint density at radius 3 is 1.95 bits per heavy atom. The van der Waals surface area contributed by atoms with Crippen LogP contribution in [-0.4, -0.2) is 46.5 Å². The second-order valence-electron chi connectivity index (χ2n) is 18.0. The highest BCUT2D eigenvalue weighted by Crippen LogP contribution is 2.66. The third-order valence-corrected chi connectivity index (χ3v) is 13.3. The lowest BCUT2D eigenvalue weighted by molar-refractivity contribution is -0.149. The number of amides is 1. The zero-order valence-corrected chi connectivity index (χ0v) is 27.6. The van der Waals surface area contributed by atoms with Gasteiger partial charge in [0.15, 0.2) is 11.6 Å². The predicted octanol–water partition coefficient (Wildman–Crippen LogP) is 6.62. The smallest absolute Gasteiger partial charge is 0.227 e. The van der Waals surface area contributed by atoms with Crippen molar-refractivity contribution in [2.75, 3.05) is 6.54 Å². The second-order valence-corrected chi connectivity index (χ2v) is 18.0. The lowest BCUT2D eigenvalue weighted by atomic mass is 9.48. The molecule has 1 saturated heterocycles. The number of rotatable bonds is 12. The third kappa shape index (κ3) is 5.83. The van der Waals surface area contributed by atoms with E-state index >= 15 is 0 Å². The molecule has 1 heterocycles. The van der Waals surface area contributed by atoms with Gasteiger partial charge < -0.3 is 4.90 Å². The highest BCUT2D eigenvalue weighted by molar-refractivity contribution is 6.37. The number of carbonyl (C=O) groups is 5. The van der Waals surface area contributed by atoms with Crippen molar-refractivity contribution in [1.82, 2.24) is 4.90 Å². The fourth-order valence-electron chi connectivity index (χ4n) is 11.1. The topological polar surface area (TPSA) is 88.6 Å². The van der Waals surface area contributed by atoms with Gasteiger partial charge in [-0.15, -0.1) is 0 Å². The van der Waals surface area contributed by atoms with Crippen LogP contribution in [0.1, 0.15) is 125 Å². The van der Waals surface area contributed by atoms with E-state index in [-0.39, 0.29) is 53.0 Å². The first kappa shape index (κ1) is 31.1. The zero-order valence-electron chi connectivity index (χ0n) is 27.6. The number of piperidine rings is 1. The first-order valence-corrected chi connectivity index (χ1v) is 17.5. The molecule has 6 aliphatic carbocycles. The number of fused-ring (bicyclic) bond motifs is 1. The van der Waals surface area contributed by atoms with Crippen molar-refractivity contribution in [2.45, 2.75) is 131 Å². The van der Waals surface area contributed by atoms with Gasteiger partial charge in [-0.05, 0) is 96.7 Å². The molecule has 0 aromatic carbocycles. The number of nitrogens with zero attached hydrogens (tertiary/aromatic N) is 1. The molecule has 43 heavy (non-hydrogen) atoms. The van der Waals surface area contributed by atoms with Crippen molar-refractivity contribution in [2.24, 2.45) is 63.6 Å². The number of hydrogen-bond donors (Lipinski definition) is 0. The first-order chi connectivity index (χ1) is 20.1. The number of likely N-dealkylation sites (tertiary alicyclic amines) is 1. The maximum Gasteiger partial charge on any atom is 0.227 e. The molecule has 0 N–H and O–H groups in total. The standard InChI is InChI=1S/C37H55NO5/c1-21(39)33(42)26(13-22-8-7-9-22)14-30(41)32-31-29(36(31,5)6)20-38(32)34(43)28(35(2,3)4)15-27(40)19-37-16-23-10-24(17-37)12-25(11-23)18-37/h22-26,28-29,31-32H,7-20H2,1-6H3/t23?,24?,25?,26-,28+,29-,31-,32+,37?/m0/s1. The molecule has 5 atom stereocenters. The molecular weight excluding hydrogens is 538 g/mol. The summed E-state index contributed by atoms with van der Waals surface area (Å²) in [7, 11) is 0. The normalized spacial score (nSPS) is 36.9. The minimum atomic E-state index is -0.589. The Kier molecular flexibility index (Phi) is 7.89. The molecule has 0 radical (unpaired) electrons. The van der Waals surface area contributed by atoms with Crippen LogP contribution in [0, 0.1) is 63.6 Å². The van der Waals surface area contributed by atoms with Gasteiger partial charge in [-0.25, -0.2) is 0 Å². The van der Waals surface area contributed by atoms with E-state index in [0.717, 1.165) is 37.0 Å². The zero-order chi connectivity index (χ0) is 31.1. The maximum absolute atomic E-state index is 14.4. The molecule has 1 amide bonds. The summed E-state index contributed by atoms with van der Waals surface area (Å²) in [6, 6.07) is -0.570. The molecule has 0 unspecified atom stereocenters. The Morgan fingerprint density at radius 1 is 0.884 bits per heavy atom. The number of Topliss-reactive ketones (excluding diaryl/α,β-unsaturated/α-hetero) is 4. The molecule has 0 aromatic heterocycles. The Labute approximate surface area is 258 Å². The summed E-state index contributed by atoms with van der Waals surface area (Å²) in [4.78, 5) is 69.2. The van der Waals surface area contributed by atoms with Crippen LogP contribution >= 0.6 is 0 Å². The summed E-state index contributed by atoms with van der Waals surface area (Å²) >= 11 is 0. The van der Waals surface area contributed by atoms with Crippen LogP contribution < -0.4 is 0 Å². The van der Waals surface area contributed by atoms with Crippen molar-refractivity contribution >= 4 is 29.0 Å². The summed E-state index contributed by atoms with van der Waals surface area (Å²) in [5, 5.41) is 0. The fraction of sp³-hybridized carbons (Fsp3) is 0.865. The molecule has 6 nitrogen and oxygen atoms in total. The Hall–Kier alpha value is -1.85. The van der Waals surface area contributed by atoms with Crippen molar-refractivity contribution in [3.05, 3.63) is 0 Å². The van der Waals surface area contributed by atoms with E-state index in [1.807, 2.05) is 20.8 Å². The van der Waals surface area contributed by atoms with Gasteiger partial charge in [-0.3, -0.25) is 24.0 Å². The molecular formula is C37H55NO5. The maximum atomic E-state index is 14.4. The van der Waals surface area contributed by atoms with E-state index in [1.54, 1.807) is 4.90 Å². The van der Waals surface area contributed by atoms with Crippen LogP contribution in [0.3, 0.4) is 0 Å². The fourth-order valence-corrected chi connectivity index (χ4v) is 11.1. The van der Waals surface area contributed by atoms with Crippen LogP contribution in [0.15, 0.2) is 0 Å². The average molecular weight is 594 g/mol. The summed E-state index contributed by atoms with van der Waals surface area (Å²) < 4.78 is 0. The quantitative estimate of drug-likeness (QED) is 0.237. The lowest BCUT2D eigenvalue weighted by Gasteiger charge is -2.56. The number of hydrogen-bond acceptors (Lipinski definition) is 5. The molecule has 7 fully saturated rings.